The van der Waals surface area contributed by atoms with Crippen LogP contribution in [0.2, 0.25) is 0 Å². The summed E-state index contributed by atoms with van der Waals surface area (Å²) in [6, 6.07) is 0. The predicted molar refractivity (Wildman–Crippen MR) is 59.1 cm³/mol. The van der Waals surface area contributed by atoms with E-state index in [1.54, 1.807) is 0 Å². The van der Waals surface area contributed by atoms with E-state index in [2.05, 4.69) is 13.8 Å². The van der Waals surface area contributed by atoms with Crippen LogP contribution in [-0.2, 0) is 0 Å². The lowest BCUT2D eigenvalue weighted by Crippen LogP contribution is -2.49. The second kappa shape index (κ2) is 3.84. The third-order valence-corrected chi connectivity index (χ3v) is 5.01. The minimum atomic E-state index is -0.0217. The topological polar surface area (TPSA) is 20.2 Å². The van der Waals surface area contributed by atoms with Gasteiger partial charge in [-0.2, -0.15) is 0 Å². The summed E-state index contributed by atoms with van der Waals surface area (Å²) in [4.78, 5) is 0. The first-order valence-corrected chi connectivity index (χ1v) is 6.32. The van der Waals surface area contributed by atoms with Crippen molar-refractivity contribution < 1.29 is 5.11 Å². The van der Waals surface area contributed by atoms with Gasteiger partial charge in [0, 0.05) is 0 Å². The van der Waals surface area contributed by atoms with Gasteiger partial charge >= 0.3 is 0 Å². The van der Waals surface area contributed by atoms with Crippen LogP contribution in [0.3, 0.4) is 0 Å². The lowest BCUT2D eigenvalue weighted by Gasteiger charge is -2.51. The van der Waals surface area contributed by atoms with Gasteiger partial charge in [-0.15, -0.1) is 0 Å². The van der Waals surface area contributed by atoms with E-state index in [1.165, 1.54) is 44.9 Å². The average Bonchev–Trinajstić information content (AvgIpc) is 2.26. The number of hydrogen-bond donors (Lipinski definition) is 1. The van der Waals surface area contributed by atoms with Crippen molar-refractivity contribution in [2.75, 3.05) is 0 Å². The van der Waals surface area contributed by atoms with E-state index >= 15 is 0 Å². The highest BCUT2D eigenvalue weighted by atomic mass is 16.3. The number of hydrogen-bond acceptors (Lipinski definition) is 1. The quantitative estimate of drug-likeness (QED) is 0.718. The first-order valence-electron chi connectivity index (χ1n) is 6.32. The van der Waals surface area contributed by atoms with Gasteiger partial charge in [-0.1, -0.05) is 33.1 Å². The smallest absolute Gasteiger partial charge is 0.0624 e. The zero-order valence-electron chi connectivity index (χ0n) is 9.63. The molecule has 0 aromatic carbocycles. The Kier molecular flexibility index (Phi) is 2.88. The summed E-state index contributed by atoms with van der Waals surface area (Å²) in [6.45, 7) is 4.59. The minimum Gasteiger partial charge on any atom is -0.392 e. The Morgan fingerprint density at radius 2 is 1.79 bits per heavy atom. The van der Waals surface area contributed by atoms with Crippen molar-refractivity contribution in [1.82, 2.24) is 0 Å². The molecular formula is C13H24O. The van der Waals surface area contributed by atoms with Crippen molar-refractivity contribution in [2.24, 2.45) is 17.3 Å². The first-order chi connectivity index (χ1) is 6.64. The van der Waals surface area contributed by atoms with E-state index in [9.17, 15) is 5.11 Å². The molecule has 1 N–H and O–H groups in total. The molecule has 2 aliphatic rings. The first kappa shape index (κ1) is 10.5. The van der Waals surface area contributed by atoms with Crippen LogP contribution in [0.4, 0.5) is 0 Å². The molecule has 1 heteroatoms. The van der Waals surface area contributed by atoms with Gasteiger partial charge in [-0.3, -0.25) is 0 Å². The van der Waals surface area contributed by atoms with Gasteiger partial charge in [0.05, 0.1) is 6.10 Å². The number of rotatable bonds is 2. The van der Waals surface area contributed by atoms with Crippen LogP contribution in [0.15, 0.2) is 0 Å². The predicted octanol–water partition coefficient (Wildman–Crippen LogP) is 3.36. The van der Waals surface area contributed by atoms with Gasteiger partial charge in [0.1, 0.15) is 0 Å². The van der Waals surface area contributed by atoms with Crippen molar-refractivity contribution in [3.8, 4) is 0 Å². The standard InChI is InChI=1S/C13H24O/c1-10-8-9-13(10,2)12(14)11-6-4-3-5-7-11/h10-12,14H,3-9H2,1-2H3/t10-,12+,13-/m1/s1. The van der Waals surface area contributed by atoms with Crippen LogP contribution >= 0.6 is 0 Å². The lowest BCUT2D eigenvalue weighted by atomic mass is 9.56. The monoisotopic (exact) mass is 196 g/mol. The molecule has 0 saturated heterocycles. The fraction of sp³-hybridized carbons (Fsp3) is 1.00. The van der Waals surface area contributed by atoms with E-state index in [0.29, 0.717) is 5.92 Å². The normalized spacial score (nSPS) is 41.8. The van der Waals surface area contributed by atoms with Gasteiger partial charge in [0.15, 0.2) is 0 Å². The Morgan fingerprint density at radius 1 is 1.14 bits per heavy atom. The molecule has 0 radical (unpaired) electrons. The SMILES string of the molecule is C[C@@H]1CC[C@@]1(C)[C@@H](O)C1CCCCC1. The van der Waals surface area contributed by atoms with Crippen LogP contribution in [0.5, 0.6) is 0 Å². The van der Waals surface area contributed by atoms with E-state index in [4.69, 9.17) is 0 Å². The summed E-state index contributed by atoms with van der Waals surface area (Å²) in [5, 5.41) is 10.4. The van der Waals surface area contributed by atoms with Crippen molar-refractivity contribution in [1.29, 1.82) is 0 Å². The molecule has 2 fully saturated rings. The van der Waals surface area contributed by atoms with Crippen LogP contribution in [-0.4, -0.2) is 11.2 Å². The molecule has 0 bridgehead atoms. The van der Waals surface area contributed by atoms with Gasteiger partial charge in [0.2, 0.25) is 0 Å². The molecular weight excluding hydrogens is 172 g/mol. The van der Waals surface area contributed by atoms with E-state index in [0.717, 1.165) is 5.92 Å². The molecule has 0 heterocycles. The number of aliphatic hydroxyl groups is 1. The zero-order chi connectivity index (χ0) is 10.2. The largest absolute Gasteiger partial charge is 0.392 e. The van der Waals surface area contributed by atoms with E-state index in [1.807, 2.05) is 0 Å². The van der Waals surface area contributed by atoms with Crippen molar-refractivity contribution >= 4 is 0 Å². The maximum absolute atomic E-state index is 10.4. The van der Waals surface area contributed by atoms with Gasteiger partial charge in [-0.25, -0.2) is 0 Å². The second-order valence-corrected chi connectivity index (χ2v) is 5.79. The van der Waals surface area contributed by atoms with Crippen molar-refractivity contribution in [3.05, 3.63) is 0 Å². The highest BCUT2D eigenvalue weighted by Gasteiger charge is 2.47. The summed E-state index contributed by atoms with van der Waals surface area (Å²) in [5.74, 6) is 1.34. The average molecular weight is 196 g/mol. The molecule has 82 valence electrons. The molecule has 0 aliphatic heterocycles. The van der Waals surface area contributed by atoms with Gasteiger partial charge in [-0.05, 0) is 42.9 Å². The molecule has 0 unspecified atom stereocenters. The Labute approximate surface area is 87.9 Å². The zero-order valence-corrected chi connectivity index (χ0v) is 9.63. The third-order valence-electron chi connectivity index (χ3n) is 5.01. The molecule has 1 nitrogen and oxygen atoms in total. The molecule has 0 spiro atoms. The summed E-state index contributed by atoms with van der Waals surface area (Å²) < 4.78 is 0. The molecule has 14 heavy (non-hydrogen) atoms. The minimum absolute atomic E-state index is 0.0217. The second-order valence-electron chi connectivity index (χ2n) is 5.79. The van der Waals surface area contributed by atoms with Crippen LogP contribution in [0.25, 0.3) is 0 Å². The van der Waals surface area contributed by atoms with Crippen molar-refractivity contribution in [2.45, 2.75) is 64.9 Å². The van der Waals surface area contributed by atoms with Crippen LogP contribution in [0.1, 0.15) is 58.8 Å². The lowest BCUT2D eigenvalue weighted by molar-refractivity contribution is -0.102. The summed E-state index contributed by atoms with van der Waals surface area (Å²) in [6.07, 6.45) is 9.14. The summed E-state index contributed by atoms with van der Waals surface area (Å²) >= 11 is 0. The van der Waals surface area contributed by atoms with Crippen LogP contribution < -0.4 is 0 Å². The maximum atomic E-state index is 10.4. The molecule has 0 aromatic rings. The fourth-order valence-corrected chi connectivity index (χ4v) is 3.32. The van der Waals surface area contributed by atoms with Gasteiger partial charge in [0.25, 0.3) is 0 Å². The molecule has 2 saturated carbocycles. The Bertz CT molecular complexity index is 195. The van der Waals surface area contributed by atoms with Crippen LogP contribution in [0, 0.1) is 17.3 Å². The fourth-order valence-electron chi connectivity index (χ4n) is 3.32. The van der Waals surface area contributed by atoms with Gasteiger partial charge < -0.3 is 5.11 Å². The molecule has 2 aliphatic carbocycles. The molecule has 2 rings (SSSR count). The Balaban J connectivity index is 1.96. The van der Waals surface area contributed by atoms with E-state index in [-0.39, 0.29) is 11.5 Å². The van der Waals surface area contributed by atoms with Crippen molar-refractivity contribution in [3.63, 3.8) is 0 Å². The Hall–Kier alpha value is -0.0400. The highest BCUT2D eigenvalue weighted by Crippen LogP contribution is 2.51. The molecule has 3 atom stereocenters. The van der Waals surface area contributed by atoms with E-state index < -0.39 is 0 Å². The maximum Gasteiger partial charge on any atom is 0.0624 e. The third kappa shape index (κ3) is 1.60. The highest BCUT2D eigenvalue weighted by molar-refractivity contribution is 4.97. The number of aliphatic hydroxyl groups excluding tert-OH is 1. The summed E-state index contributed by atoms with van der Waals surface area (Å²) in [5.41, 5.74) is 0.252. The summed E-state index contributed by atoms with van der Waals surface area (Å²) in [7, 11) is 0. The Morgan fingerprint density at radius 3 is 2.21 bits per heavy atom. The molecule has 0 amide bonds. The molecule has 0 aromatic heterocycles.